The molecule has 2 amide bonds. The Morgan fingerprint density at radius 2 is 1.97 bits per heavy atom. The van der Waals surface area contributed by atoms with E-state index in [0.29, 0.717) is 29.5 Å². The fourth-order valence-corrected chi connectivity index (χ4v) is 6.54. The largest absolute Gasteiger partial charge is 0.489 e. The van der Waals surface area contributed by atoms with E-state index in [0.717, 1.165) is 74.9 Å². The molecule has 3 aromatic heterocycles. The van der Waals surface area contributed by atoms with E-state index in [1.54, 1.807) is 24.5 Å². The van der Waals surface area contributed by atoms with Crippen molar-refractivity contribution in [2.24, 2.45) is 11.1 Å². The highest BCUT2D eigenvalue weighted by molar-refractivity contribution is 6.01. The number of pyridine rings is 2. The Morgan fingerprint density at radius 3 is 2.72 bits per heavy atom. The average molecular weight is 532 g/mol. The van der Waals surface area contributed by atoms with Crippen molar-refractivity contribution in [1.82, 2.24) is 19.9 Å². The first-order valence-corrected chi connectivity index (χ1v) is 14.0. The molecule has 4 fully saturated rings. The molecule has 39 heavy (non-hydrogen) atoms. The van der Waals surface area contributed by atoms with Gasteiger partial charge in [-0.2, -0.15) is 5.10 Å². The number of rotatable bonds is 9. The Balaban J connectivity index is 0.966. The van der Waals surface area contributed by atoms with Crippen molar-refractivity contribution in [3.05, 3.63) is 53.5 Å². The summed E-state index contributed by atoms with van der Waals surface area (Å²) in [5, 5.41) is 7.82. The first-order chi connectivity index (χ1) is 19.0. The van der Waals surface area contributed by atoms with Crippen LogP contribution in [0.3, 0.4) is 0 Å². The van der Waals surface area contributed by atoms with Crippen molar-refractivity contribution in [3.8, 4) is 11.6 Å². The average Bonchev–Trinajstić information content (AvgIpc) is 3.40. The third-order valence-electron chi connectivity index (χ3n) is 8.67. The number of aromatic nitrogens is 3. The van der Waals surface area contributed by atoms with Crippen molar-refractivity contribution in [2.45, 2.75) is 75.5 Å². The molecule has 1 atom stereocenters. The maximum absolute atomic E-state index is 13.2. The second-order valence-electron chi connectivity index (χ2n) is 11.6. The molecule has 1 aliphatic heterocycles. The predicted octanol–water partition coefficient (Wildman–Crippen LogP) is 3.38. The number of nitrogens with two attached hydrogens (primary N) is 1. The maximum Gasteiger partial charge on any atom is 0.255 e. The van der Waals surface area contributed by atoms with Crippen LogP contribution in [0.4, 0.5) is 0 Å². The molecule has 4 heterocycles. The molecule has 1 saturated heterocycles. The number of carbonyl (C=O) groups is 2. The lowest BCUT2D eigenvalue weighted by Gasteiger charge is -2.57. The minimum atomic E-state index is -0.544. The molecule has 3 N–H and O–H groups in total. The van der Waals surface area contributed by atoms with Crippen LogP contribution in [0.5, 0.6) is 11.6 Å². The minimum absolute atomic E-state index is 0.00626. The number of ether oxygens (including phenoxy) is 3. The van der Waals surface area contributed by atoms with Crippen molar-refractivity contribution in [2.75, 3.05) is 13.2 Å². The summed E-state index contributed by atoms with van der Waals surface area (Å²) in [5.74, 6) is 0.915. The molecule has 10 nitrogen and oxygen atoms in total. The Hall–Kier alpha value is -3.66. The van der Waals surface area contributed by atoms with Gasteiger partial charge >= 0.3 is 0 Å². The van der Waals surface area contributed by atoms with Crippen molar-refractivity contribution in [1.29, 1.82) is 0 Å². The van der Waals surface area contributed by atoms with Crippen LogP contribution in [0.1, 0.15) is 83.7 Å². The Morgan fingerprint density at radius 1 is 1.13 bits per heavy atom. The van der Waals surface area contributed by atoms with Crippen LogP contribution in [0.2, 0.25) is 0 Å². The number of fused-ring (bicyclic) bond motifs is 1. The number of hydrogen-bond donors (Lipinski definition) is 2. The lowest BCUT2D eigenvalue weighted by molar-refractivity contribution is -0.0848. The van der Waals surface area contributed by atoms with Gasteiger partial charge in [-0.3, -0.25) is 9.59 Å². The minimum Gasteiger partial charge on any atom is -0.489 e. The summed E-state index contributed by atoms with van der Waals surface area (Å²) in [6, 6.07) is 7.34. The van der Waals surface area contributed by atoms with E-state index in [-0.39, 0.29) is 29.6 Å². The van der Waals surface area contributed by atoms with E-state index in [1.807, 2.05) is 16.6 Å². The number of nitrogens with zero attached hydrogens (tertiary/aromatic N) is 3. The molecular weight excluding hydrogens is 498 g/mol. The summed E-state index contributed by atoms with van der Waals surface area (Å²) in [5.41, 5.74) is 8.37. The predicted molar refractivity (Wildman–Crippen MR) is 141 cm³/mol. The lowest BCUT2D eigenvalue weighted by atomic mass is 9.53. The van der Waals surface area contributed by atoms with Gasteiger partial charge < -0.3 is 25.3 Å². The van der Waals surface area contributed by atoms with Gasteiger partial charge in [-0.15, -0.1) is 0 Å². The lowest BCUT2D eigenvalue weighted by Crippen LogP contribution is -2.58. The molecule has 0 bridgehead atoms. The van der Waals surface area contributed by atoms with Crippen molar-refractivity contribution >= 4 is 17.3 Å². The van der Waals surface area contributed by atoms with Gasteiger partial charge in [0.05, 0.1) is 29.1 Å². The zero-order valence-electron chi connectivity index (χ0n) is 21.8. The van der Waals surface area contributed by atoms with E-state index in [2.05, 4.69) is 15.4 Å². The first kappa shape index (κ1) is 24.4. The van der Waals surface area contributed by atoms with Crippen LogP contribution in [0.15, 0.2) is 36.7 Å². The van der Waals surface area contributed by atoms with Gasteiger partial charge in [0.1, 0.15) is 24.0 Å². The molecule has 3 saturated carbocycles. The van der Waals surface area contributed by atoms with Crippen molar-refractivity contribution < 1.29 is 23.8 Å². The molecule has 1 spiro atoms. The molecule has 1 unspecified atom stereocenters. The second-order valence-corrected chi connectivity index (χ2v) is 11.6. The molecule has 7 rings (SSSR count). The third kappa shape index (κ3) is 4.60. The molecule has 4 aliphatic rings. The Labute approximate surface area is 226 Å². The van der Waals surface area contributed by atoms with Gasteiger partial charge in [0, 0.05) is 24.8 Å². The summed E-state index contributed by atoms with van der Waals surface area (Å²) in [6.07, 6.45) is 11.3. The van der Waals surface area contributed by atoms with Crippen LogP contribution in [0.25, 0.3) is 5.52 Å². The Kier molecular flexibility index (Phi) is 5.95. The Bertz CT molecular complexity index is 1410. The molecule has 204 valence electrons. The molecule has 0 radical (unpaired) electrons. The standard InChI is InChI=1S/C29H33N5O5/c30-26(35)21-4-1-9-31-28(21)39-20-13-29(14-20)11-18(12-29)33-27(36)22-15-32-34-23(22)7-8-24(25(34)17-5-6-17)38-16-19-3-2-10-37-19/h1,4,7-9,15,17-20H,2-3,5-6,10-14,16H2,(H2,30,35)(H,33,36). The normalized spacial score (nSPS) is 27.6. The van der Waals surface area contributed by atoms with E-state index >= 15 is 0 Å². The SMILES string of the molecule is NC(=O)c1cccnc1OC1CC2(CC(NC(=O)c3cnn4c(C5CC5)c(OCC5CCCO5)ccc34)C2)C1. The maximum atomic E-state index is 13.2. The van der Waals surface area contributed by atoms with E-state index in [4.69, 9.17) is 19.9 Å². The van der Waals surface area contributed by atoms with Crippen LogP contribution in [-0.4, -0.2) is 57.9 Å². The van der Waals surface area contributed by atoms with Gasteiger partial charge in [0.2, 0.25) is 5.88 Å². The summed E-state index contributed by atoms with van der Waals surface area (Å²) in [4.78, 5) is 29.0. The number of carbonyl (C=O) groups excluding carboxylic acids is 2. The van der Waals surface area contributed by atoms with Gasteiger partial charge in [-0.25, -0.2) is 9.50 Å². The van der Waals surface area contributed by atoms with Gasteiger partial charge in [-0.05, 0) is 81.0 Å². The molecule has 3 aromatic rings. The number of hydrogen-bond acceptors (Lipinski definition) is 7. The first-order valence-electron chi connectivity index (χ1n) is 14.0. The molecule has 3 aliphatic carbocycles. The van der Waals surface area contributed by atoms with E-state index < -0.39 is 5.91 Å². The second kappa shape index (κ2) is 9.51. The third-order valence-corrected chi connectivity index (χ3v) is 8.67. The molecule has 10 heteroatoms. The number of primary amides is 1. The zero-order chi connectivity index (χ0) is 26.6. The van der Waals surface area contributed by atoms with Crippen LogP contribution >= 0.6 is 0 Å². The van der Waals surface area contributed by atoms with Crippen LogP contribution in [-0.2, 0) is 4.74 Å². The summed E-state index contributed by atoms with van der Waals surface area (Å²) >= 11 is 0. The van der Waals surface area contributed by atoms with Gasteiger partial charge in [0.15, 0.2) is 0 Å². The van der Waals surface area contributed by atoms with Gasteiger partial charge in [-0.1, -0.05) is 0 Å². The van der Waals surface area contributed by atoms with Crippen LogP contribution in [0, 0.1) is 5.41 Å². The highest BCUT2D eigenvalue weighted by atomic mass is 16.5. The zero-order valence-corrected chi connectivity index (χ0v) is 21.8. The summed E-state index contributed by atoms with van der Waals surface area (Å²) < 4.78 is 19.7. The van der Waals surface area contributed by atoms with E-state index in [9.17, 15) is 9.59 Å². The highest BCUT2D eigenvalue weighted by Gasteiger charge is 2.54. The summed E-state index contributed by atoms with van der Waals surface area (Å²) in [6.45, 7) is 1.35. The topological polar surface area (TPSA) is 130 Å². The van der Waals surface area contributed by atoms with Gasteiger partial charge in [0.25, 0.3) is 11.8 Å². The smallest absolute Gasteiger partial charge is 0.255 e. The quantitative estimate of drug-likeness (QED) is 0.433. The fraction of sp³-hybridized carbons (Fsp3) is 0.517. The number of amides is 2. The molecular formula is C29H33N5O5. The van der Waals surface area contributed by atoms with Crippen molar-refractivity contribution in [3.63, 3.8) is 0 Å². The van der Waals surface area contributed by atoms with E-state index in [1.165, 1.54) is 0 Å². The summed E-state index contributed by atoms with van der Waals surface area (Å²) in [7, 11) is 0. The number of nitrogens with one attached hydrogen (secondary N) is 1. The monoisotopic (exact) mass is 531 g/mol. The highest BCUT2D eigenvalue weighted by Crippen LogP contribution is 2.57. The molecule has 0 aromatic carbocycles. The fourth-order valence-electron chi connectivity index (χ4n) is 6.54. The van der Waals surface area contributed by atoms with Crippen LogP contribution < -0.4 is 20.5 Å².